The van der Waals surface area contributed by atoms with Crippen molar-refractivity contribution in [1.82, 2.24) is 15.1 Å². The fourth-order valence-corrected chi connectivity index (χ4v) is 3.32. The van der Waals surface area contributed by atoms with Crippen LogP contribution in [0.3, 0.4) is 0 Å². The van der Waals surface area contributed by atoms with Crippen molar-refractivity contribution in [1.29, 1.82) is 0 Å². The SMILES string of the molecule is Cc1c(C(=O)NC(CO)c2ccccc2)cnn1C1CCCC1. The maximum absolute atomic E-state index is 12.6. The van der Waals surface area contributed by atoms with Crippen LogP contribution >= 0.6 is 0 Å². The molecule has 1 aliphatic carbocycles. The Hall–Kier alpha value is -2.14. The minimum atomic E-state index is -0.405. The van der Waals surface area contributed by atoms with Crippen LogP contribution in [0.15, 0.2) is 36.5 Å². The van der Waals surface area contributed by atoms with Crippen molar-refractivity contribution in [2.24, 2.45) is 0 Å². The number of amides is 1. The smallest absolute Gasteiger partial charge is 0.255 e. The minimum Gasteiger partial charge on any atom is -0.394 e. The van der Waals surface area contributed by atoms with Crippen molar-refractivity contribution in [2.75, 3.05) is 6.61 Å². The molecule has 1 amide bonds. The van der Waals surface area contributed by atoms with Crippen LogP contribution in [0, 0.1) is 6.92 Å². The third-order valence-corrected chi connectivity index (χ3v) is 4.65. The summed E-state index contributed by atoms with van der Waals surface area (Å²) in [5.41, 5.74) is 2.38. The second-order valence-corrected chi connectivity index (χ2v) is 6.15. The number of carbonyl (C=O) groups excluding carboxylic acids is 1. The molecule has 1 aliphatic rings. The maximum Gasteiger partial charge on any atom is 0.255 e. The van der Waals surface area contributed by atoms with E-state index in [2.05, 4.69) is 10.4 Å². The molecule has 5 heteroatoms. The molecule has 1 unspecified atom stereocenters. The first-order valence-corrected chi connectivity index (χ1v) is 8.21. The van der Waals surface area contributed by atoms with E-state index in [1.165, 1.54) is 12.8 Å². The Kier molecular flexibility index (Phi) is 4.76. The van der Waals surface area contributed by atoms with E-state index in [9.17, 15) is 9.90 Å². The molecular formula is C18H23N3O2. The van der Waals surface area contributed by atoms with E-state index in [1.807, 2.05) is 41.9 Å². The number of hydrogen-bond donors (Lipinski definition) is 2. The Morgan fingerprint density at radius 1 is 1.35 bits per heavy atom. The number of rotatable bonds is 5. The van der Waals surface area contributed by atoms with Gasteiger partial charge in [0.1, 0.15) is 0 Å². The molecule has 5 nitrogen and oxygen atoms in total. The average Bonchev–Trinajstić information content (AvgIpc) is 3.22. The Labute approximate surface area is 136 Å². The van der Waals surface area contributed by atoms with Crippen LogP contribution in [0.5, 0.6) is 0 Å². The van der Waals surface area contributed by atoms with Gasteiger partial charge >= 0.3 is 0 Å². The first kappa shape index (κ1) is 15.7. The summed E-state index contributed by atoms with van der Waals surface area (Å²) in [6.45, 7) is 1.81. The third-order valence-electron chi connectivity index (χ3n) is 4.65. The molecule has 1 fully saturated rings. The van der Waals surface area contributed by atoms with Gasteiger partial charge < -0.3 is 10.4 Å². The van der Waals surface area contributed by atoms with Crippen LogP contribution in [0.25, 0.3) is 0 Å². The standard InChI is InChI=1S/C18H23N3O2/c1-13-16(11-19-21(13)15-9-5-6-10-15)18(23)20-17(12-22)14-7-3-2-4-8-14/h2-4,7-8,11,15,17,22H,5-6,9-10,12H2,1H3,(H,20,23). The highest BCUT2D eigenvalue weighted by atomic mass is 16.3. The molecule has 1 aromatic heterocycles. The molecule has 2 aromatic rings. The van der Waals surface area contributed by atoms with Crippen molar-refractivity contribution in [3.8, 4) is 0 Å². The molecule has 1 heterocycles. The van der Waals surface area contributed by atoms with Crippen molar-refractivity contribution >= 4 is 5.91 Å². The lowest BCUT2D eigenvalue weighted by Gasteiger charge is -2.17. The fourth-order valence-electron chi connectivity index (χ4n) is 3.32. The lowest BCUT2D eigenvalue weighted by Crippen LogP contribution is -2.31. The predicted molar refractivity (Wildman–Crippen MR) is 88.2 cm³/mol. The van der Waals surface area contributed by atoms with Gasteiger partial charge in [-0.2, -0.15) is 5.10 Å². The molecule has 1 atom stereocenters. The van der Waals surface area contributed by atoms with E-state index in [0.717, 1.165) is 24.1 Å². The zero-order valence-electron chi connectivity index (χ0n) is 13.4. The minimum absolute atomic E-state index is 0.133. The summed E-state index contributed by atoms with van der Waals surface area (Å²) in [5.74, 6) is -0.186. The normalized spacial score (nSPS) is 16.4. The Morgan fingerprint density at radius 3 is 2.70 bits per heavy atom. The molecule has 1 saturated carbocycles. The summed E-state index contributed by atoms with van der Waals surface area (Å²) in [7, 11) is 0. The third kappa shape index (κ3) is 3.29. The highest BCUT2D eigenvalue weighted by Gasteiger charge is 2.23. The topological polar surface area (TPSA) is 67.2 Å². The highest BCUT2D eigenvalue weighted by Crippen LogP contribution is 2.30. The van der Waals surface area contributed by atoms with Crippen molar-refractivity contribution in [2.45, 2.75) is 44.7 Å². The molecule has 122 valence electrons. The fraction of sp³-hybridized carbons (Fsp3) is 0.444. The monoisotopic (exact) mass is 313 g/mol. The number of nitrogens with one attached hydrogen (secondary N) is 1. The van der Waals surface area contributed by atoms with Gasteiger partial charge in [-0.1, -0.05) is 43.2 Å². The second-order valence-electron chi connectivity index (χ2n) is 6.15. The average molecular weight is 313 g/mol. The molecule has 0 aliphatic heterocycles. The van der Waals surface area contributed by atoms with Gasteiger partial charge in [0.15, 0.2) is 0 Å². The van der Waals surface area contributed by atoms with Crippen LogP contribution in [0.4, 0.5) is 0 Å². The number of aliphatic hydroxyl groups is 1. The number of nitrogens with zero attached hydrogens (tertiary/aromatic N) is 2. The highest BCUT2D eigenvalue weighted by molar-refractivity contribution is 5.95. The lowest BCUT2D eigenvalue weighted by molar-refractivity contribution is 0.0915. The van der Waals surface area contributed by atoms with Crippen molar-refractivity contribution in [3.05, 3.63) is 53.3 Å². The molecule has 0 bridgehead atoms. The Balaban J connectivity index is 1.75. The first-order valence-electron chi connectivity index (χ1n) is 8.21. The molecule has 23 heavy (non-hydrogen) atoms. The zero-order valence-corrected chi connectivity index (χ0v) is 13.4. The van der Waals surface area contributed by atoms with E-state index >= 15 is 0 Å². The van der Waals surface area contributed by atoms with Crippen LogP contribution in [-0.2, 0) is 0 Å². The van der Waals surface area contributed by atoms with E-state index in [0.29, 0.717) is 11.6 Å². The van der Waals surface area contributed by atoms with Crippen molar-refractivity contribution in [3.63, 3.8) is 0 Å². The predicted octanol–water partition coefficient (Wildman–Crippen LogP) is 2.77. The second kappa shape index (κ2) is 6.96. The van der Waals surface area contributed by atoms with Gasteiger partial charge in [0, 0.05) is 5.69 Å². The van der Waals surface area contributed by atoms with Gasteiger partial charge in [-0.25, -0.2) is 0 Å². The van der Waals surface area contributed by atoms with Crippen LogP contribution in [-0.4, -0.2) is 27.4 Å². The largest absolute Gasteiger partial charge is 0.394 e. The number of benzene rings is 1. The van der Waals surface area contributed by atoms with E-state index in [4.69, 9.17) is 0 Å². The summed E-state index contributed by atoms with van der Waals surface area (Å²) < 4.78 is 1.98. The number of aromatic nitrogens is 2. The summed E-state index contributed by atoms with van der Waals surface area (Å²) in [4.78, 5) is 12.6. The van der Waals surface area contributed by atoms with Gasteiger partial charge in [0.25, 0.3) is 5.91 Å². The quantitative estimate of drug-likeness (QED) is 0.892. The van der Waals surface area contributed by atoms with Gasteiger partial charge in [-0.3, -0.25) is 9.48 Å². The number of aliphatic hydroxyl groups excluding tert-OH is 1. The van der Waals surface area contributed by atoms with Crippen LogP contribution < -0.4 is 5.32 Å². The molecular weight excluding hydrogens is 290 g/mol. The molecule has 0 saturated heterocycles. The van der Waals surface area contributed by atoms with Gasteiger partial charge in [-0.05, 0) is 25.3 Å². The summed E-state index contributed by atoms with van der Waals surface area (Å²) in [6, 6.07) is 9.51. The van der Waals surface area contributed by atoms with E-state index in [-0.39, 0.29) is 12.5 Å². The molecule has 0 radical (unpaired) electrons. The van der Waals surface area contributed by atoms with Gasteiger partial charge in [0.05, 0.1) is 30.5 Å². The maximum atomic E-state index is 12.6. The first-order chi connectivity index (χ1) is 11.2. The number of hydrogen-bond acceptors (Lipinski definition) is 3. The van der Waals surface area contributed by atoms with Gasteiger partial charge in [0.2, 0.25) is 0 Å². The van der Waals surface area contributed by atoms with E-state index in [1.54, 1.807) is 6.20 Å². The zero-order chi connectivity index (χ0) is 16.2. The van der Waals surface area contributed by atoms with Crippen LogP contribution in [0.1, 0.15) is 59.4 Å². The molecule has 1 aromatic carbocycles. The van der Waals surface area contributed by atoms with E-state index < -0.39 is 6.04 Å². The Morgan fingerprint density at radius 2 is 2.04 bits per heavy atom. The van der Waals surface area contributed by atoms with Crippen LogP contribution in [0.2, 0.25) is 0 Å². The summed E-state index contributed by atoms with van der Waals surface area (Å²) >= 11 is 0. The Bertz CT molecular complexity index is 660. The molecule has 0 spiro atoms. The summed E-state index contributed by atoms with van der Waals surface area (Å²) in [5, 5.41) is 16.9. The van der Waals surface area contributed by atoms with Crippen molar-refractivity contribution < 1.29 is 9.90 Å². The molecule has 2 N–H and O–H groups in total. The number of carbonyl (C=O) groups is 1. The molecule has 3 rings (SSSR count). The van der Waals surface area contributed by atoms with Gasteiger partial charge in [-0.15, -0.1) is 0 Å². The summed E-state index contributed by atoms with van der Waals surface area (Å²) in [6.07, 6.45) is 6.36. The lowest BCUT2D eigenvalue weighted by atomic mass is 10.1.